The van der Waals surface area contributed by atoms with Crippen LogP contribution in [0.4, 0.5) is 10.9 Å². The Labute approximate surface area is 185 Å². The summed E-state index contributed by atoms with van der Waals surface area (Å²) >= 11 is 1.42. The number of carbonyl (C=O) groups excluding carboxylic acids is 1. The summed E-state index contributed by atoms with van der Waals surface area (Å²) in [7, 11) is 0. The molecule has 1 aromatic carbocycles. The van der Waals surface area contributed by atoms with Gasteiger partial charge in [-0.1, -0.05) is 30.3 Å². The summed E-state index contributed by atoms with van der Waals surface area (Å²) in [6.07, 6.45) is 3.26. The van der Waals surface area contributed by atoms with Crippen LogP contribution in [0.2, 0.25) is 0 Å². The van der Waals surface area contributed by atoms with Crippen molar-refractivity contribution in [2.75, 3.05) is 23.3 Å². The highest BCUT2D eigenvalue weighted by Crippen LogP contribution is 2.24. The Bertz CT molecular complexity index is 1080. The van der Waals surface area contributed by atoms with Crippen molar-refractivity contribution in [3.63, 3.8) is 0 Å². The number of benzene rings is 1. The van der Waals surface area contributed by atoms with Gasteiger partial charge in [-0.3, -0.25) is 9.59 Å². The molecule has 1 aliphatic rings. The number of piperidine rings is 1. The summed E-state index contributed by atoms with van der Waals surface area (Å²) in [5.41, 5.74) is 1.99. The van der Waals surface area contributed by atoms with Crippen molar-refractivity contribution in [1.82, 2.24) is 14.8 Å². The smallest absolute Gasteiger partial charge is 0.267 e. The Hall–Kier alpha value is -3.00. The topological polar surface area (TPSA) is 80.1 Å². The molecule has 3 aromatic rings. The second-order valence-corrected chi connectivity index (χ2v) is 9.22. The Balaban J connectivity index is 1.36. The van der Waals surface area contributed by atoms with Crippen LogP contribution in [0.5, 0.6) is 0 Å². The van der Waals surface area contributed by atoms with Gasteiger partial charge in [0.25, 0.3) is 5.56 Å². The minimum Gasteiger partial charge on any atom is -0.355 e. The van der Waals surface area contributed by atoms with Gasteiger partial charge in [-0.05, 0) is 50.7 Å². The average molecular weight is 438 g/mol. The van der Waals surface area contributed by atoms with Gasteiger partial charge < -0.3 is 10.2 Å². The van der Waals surface area contributed by atoms with E-state index in [0.717, 1.165) is 48.7 Å². The largest absolute Gasteiger partial charge is 0.355 e. The van der Waals surface area contributed by atoms with Crippen molar-refractivity contribution in [3.05, 3.63) is 69.0 Å². The maximum atomic E-state index is 12.4. The summed E-state index contributed by atoms with van der Waals surface area (Å²) in [5, 5.41) is 7.77. The first-order chi connectivity index (χ1) is 15.0. The number of aryl methyl sites for hydroxylation is 2. The summed E-state index contributed by atoms with van der Waals surface area (Å²) in [6.45, 7) is 5.52. The molecule has 1 N–H and O–H groups in total. The van der Waals surface area contributed by atoms with Crippen LogP contribution in [0, 0.1) is 19.8 Å². The van der Waals surface area contributed by atoms with Gasteiger partial charge in [0, 0.05) is 24.0 Å². The summed E-state index contributed by atoms with van der Waals surface area (Å²) in [5.74, 6) is 1.09. The number of hydrogen-bond donors (Lipinski definition) is 1. The molecular formula is C23H27N5O2S. The van der Waals surface area contributed by atoms with Crippen molar-refractivity contribution in [2.45, 2.75) is 39.7 Å². The average Bonchev–Trinajstić information content (AvgIpc) is 3.07. The van der Waals surface area contributed by atoms with Gasteiger partial charge in [0.2, 0.25) is 5.91 Å². The molecule has 1 saturated heterocycles. The highest BCUT2D eigenvalue weighted by molar-refractivity contribution is 7.15. The number of nitrogens with zero attached hydrogens (tertiary/aromatic N) is 4. The monoisotopic (exact) mass is 437 g/mol. The standard InChI is InChI=1S/C23H27N5O2S/c1-16-17(2)31-23(24-16)25-21(29)15-28-22(30)9-8-20(26-28)27-12-10-19(11-13-27)14-18-6-4-3-5-7-18/h3-9,19H,10-15H2,1-2H3,(H,24,25,29). The van der Waals surface area contributed by atoms with Crippen LogP contribution in [0.15, 0.2) is 47.3 Å². The van der Waals surface area contributed by atoms with Crippen molar-refractivity contribution in [2.24, 2.45) is 5.92 Å². The molecular weight excluding hydrogens is 410 g/mol. The fourth-order valence-corrected chi connectivity index (χ4v) is 4.69. The number of rotatable bonds is 6. The first-order valence-corrected chi connectivity index (χ1v) is 11.4. The lowest BCUT2D eigenvalue weighted by atomic mass is 9.90. The van der Waals surface area contributed by atoms with E-state index in [9.17, 15) is 9.59 Å². The molecule has 8 heteroatoms. The molecule has 3 heterocycles. The first kappa shape index (κ1) is 21.2. The van der Waals surface area contributed by atoms with E-state index < -0.39 is 0 Å². The zero-order valence-electron chi connectivity index (χ0n) is 17.9. The minimum atomic E-state index is -0.304. The molecule has 1 fully saturated rings. The molecule has 162 valence electrons. The second kappa shape index (κ2) is 9.43. The van der Waals surface area contributed by atoms with E-state index in [1.54, 1.807) is 6.07 Å². The lowest BCUT2D eigenvalue weighted by Crippen LogP contribution is -2.37. The van der Waals surface area contributed by atoms with Crippen LogP contribution < -0.4 is 15.8 Å². The van der Waals surface area contributed by atoms with Crippen molar-refractivity contribution < 1.29 is 4.79 Å². The maximum Gasteiger partial charge on any atom is 0.267 e. The number of carbonyl (C=O) groups is 1. The Kier molecular flexibility index (Phi) is 6.46. The van der Waals surface area contributed by atoms with Crippen LogP contribution in [0.3, 0.4) is 0 Å². The highest BCUT2D eigenvalue weighted by Gasteiger charge is 2.21. The fourth-order valence-electron chi connectivity index (χ4n) is 3.85. The molecule has 0 unspecified atom stereocenters. The normalized spacial score (nSPS) is 14.6. The number of nitrogens with one attached hydrogen (secondary N) is 1. The predicted octanol–water partition coefficient (Wildman–Crippen LogP) is 3.41. The first-order valence-electron chi connectivity index (χ1n) is 10.6. The van der Waals surface area contributed by atoms with Gasteiger partial charge in [-0.15, -0.1) is 11.3 Å². The van der Waals surface area contributed by atoms with Crippen molar-refractivity contribution in [1.29, 1.82) is 0 Å². The lowest BCUT2D eigenvalue weighted by Gasteiger charge is -2.33. The number of anilines is 2. The molecule has 0 atom stereocenters. The Morgan fingerprint density at radius 1 is 1.13 bits per heavy atom. The molecule has 7 nitrogen and oxygen atoms in total. The SMILES string of the molecule is Cc1nc(NC(=O)Cn2nc(N3CCC(Cc4ccccc4)CC3)ccc2=O)sc1C. The second-order valence-electron chi connectivity index (χ2n) is 8.02. The summed E-state index contributed by atoms with van der Waals surface area (Å²) < 4.78 is 1.23. The number of hydrogen-bond acceptors (Lipinski definition) is 6. The van der Waals surface area contributed by atoms with Crippen LogP contribution in [0.25, 0.3) is 0 Å². The molecule has 31 heavy (non-hydrogen) atoms. The molecule has 0 bridgehead atoms. The predicted molar refractivity (Wildman–Crippen MR) is 124 cm³/mol. The summed E-state index contributed by atoms with van der Waals surface area (Å²) in [6, 6.07) is 13.8. The highest BCUT2D eigenvalue weighted by atomic mass is 32.1. The Morgan fingerprint density at radius 2 is 1.87 bits per heavy atom. The third kappa shape index (κ3) is 5.38. The van der Waals surface area contributed by atoms with Crippen molar-refractivity contribution >= 4 is 28.2 Å². The summed E-state index contributed by atoms with van der Waals surface area (Å²) in [4.78, 5) is 32.2. The van der Waals surface area contributed by atoms with Crippen LogP contribution >= 0.6 is 11.3 Å². The molecule has 0 radical (unpaired) electrons. The number of thiazole rings is 1. The zero-order chi connectivity index (χ0) is 21.8. The van der Waals surface area contributed by atoms with E-state index in [1.165, 1.54) is 27.6 Å². The molecule has 1 amide bonds. The molecule has 0 spiro atoms. The molecule has 4 rings (SSSR count). The minimum absolute atomic E-state index is 0.130. The third-order valence-corrected chi connectivity index (χ3v) is 6.71. The number of amides is 1. The third-order valence-electron chi connectivity index (χ3n) is 5.73. The molecule has 0 saturated carbocycles. The van der Waals surface area contributed by atoms with Gasteiger partial charge in [0.15, 0.2) is 5.13 Å². The lowest BCUT2D eigenvalue weighted by molar-refractivity contribution is -0.117. The van der Waals surface area contributed by atoms with Crippen LogP contribution in [-0.4, -0.2) is 33.8 Å². The Morgan fingerprint density at radius 3 is 2.55 bits per heavy atom. The quantitative estimate of drug-likeness (QED) is 0.639. The van der Waals surface area contributed by atoms with Gasteiger partial charge in [-0.2, -0.15) is 5.10 Å². The van der Waals surface area contributed by atoms with Gasteiger partial charge in [0.1, 0.15) is 12.4 Å². The molecule has 0 aliphatic carbocycles. The van der Waals surface area contributed by atoms with E-state index in [4.69, 9.17) is 0 Å². The number of aromatic nitrogens is 3. The fraction of sp³-hybridized carbons (Fsp3) is 0.391. The van der Waals surface area contributed by atoms with E-state index in [-0.39, 0.29) is 18.0 Å². The van der Waals surface area contributed by atoms with Crippen molar-refractivity contribution in [3.8, 4) is 0 Å². The van der Waals surface area contributed by atoms with E-state index >= 15 is 0 Å². The molecule has 2 aromatic heterocycles. The van der Waals surface area contributed by atoms with Gasteiger partial charge in [0.05, 0.1) is 5.69 Å². The zero-order valence-corrected chi connectivity index (χ0v) is 18.7. The van der Waals surface area contributed by atoms with Crippen LogP contribution in [0.1, 0.15) is 29.0 Å². The van der Waals surface area contributed by atoms with E-state index in [1.807, 2.05) is 19.9 Å². The van der Waals surface area contributed by atoms with Crippen LogP contribution in [-0.2, 0) is 17.8 Å². The van der Waals surface area contributed by atoms with E-state index in [2.05, 4.69) is 44.6 Å². The van der Waals surface area contributed by atoms with Gasteiger partial charge >= 0.3 is 0 Å². The molecule has 1 aliphatic heterocycles. The maximum absolute atomic E-state index is 12.4. The van der Waals surface area contributed by atoms with Gasteiger partial charge in [-0.25, -0.2) is 9.67 Å². The van der Waals surface area contributed by atoms with E-state index in [0.29, 0.717) is 11.0 Å².